The number of unbranched alkanes of at least 4 members (excludes halogenated alkanes) is 5. The minimum absolute atomic E-state index is 0.303. The number of aliphatic hydroxyl groups is 1. The third kappa shape index (κ3) is 4.52. The fraction of sp³-hybridized carbons (Fsp3) is 0.474. The minimum Gasteiger partial charge on any atom is -0.388 e. The molecular formula is C19H26N2O3. The van der Waals surface area contributed by atoms with Crippen LogP contribution in [0, 0.1) is 4.91 Å². The highest BCUT2D eigenvalue weighted by atomic mass is 16.5. The quantitative estimate of drug-likeness (QED) is 0.291. The van der Waals surface area contributed by atoms with Gasteiger partial charge in [-0.3, -0.25) is 10.7 Å². The predicted octanol–water partition coefficient (Wildman–Crippen LogP) is 5.82. The molecule has 1 atom stereocenters. The molecule has 3 N–H and O–H groups in total. The van der Waals surface area contributed by atoms with Gasteiger partial charge in [0.1, 0.15) is 5.69 Å². The number of anilines is 1. The van der Waals surface area contributed by atoms with Crippen LogP contribution in [0.2, 0.25) is 0 Å². The van der Waals surface area contributed by atoms with E-state index in [0.29, 0.717) is 28.6 Å². The number of hydrogen-bond acceptors (Lipinski definition) is 5. The Morgan fingerprint density at radius 3 is 2.50 bits per heavy atom. The topological polar surface area (TPSA) is 81.9 Å². The Labute approximate surface area is 142 Å². The molecule has 0 saturated carbocycles. The second-order valence-corrected chi connectivity index (χ2v) is 6.21. The van der Waals surface area contributed by atoms with Gasteiger partial charge in [-0.1, -0.05) is 57.6 Å². The molecule has 24 heavy (non-hydrogen) atoms. The third-order valence-electron chi connectivity index (χ3n) is 4.45. The van der Waals surface area contributed by atoms with Crippen molar-refractivity contribution in [2.75, 3.05) is 5.48 Å². The van der Waals surface area contributed by atoms with Crippen molar-refractivity contribution in [2.24, 2.45) is 5.18 Å². The van der Waals surface area contributed by atoms with Crippen molar-refractivity contribution in [3.05, 3.63) is 40.8 Å². The van der Waals surface area contributed by atoms with Crippen LogP contribution in [0.1, 0.15) is 63.5 Å². The van der Waals surface area contributed by atoms with Crippen molar-refractivity contribution in [3.8, 4) is 0 Å². The van der Waals surface area contributed by atoms with Gasteiger partial charge < -0.3 is 5.11 Å². The smallest absolute Gasteiger partial charge is 0.115 e. The van der Waals surface area contributed by atoms with Crippen molar-refractivity contribution < 1.29 is 10.3 Å². The summed E-state index contributed by atoms with van der Waals surface area (Å²) >= 11 is 0. The summed E-state index contributed by atoms with van der Waals surface area (Å²) in [5.41, 5.74) is 3.71. The zero-order valence-electron chi connectivity index (χ0n) is 14.2. The van der Waals surface area contributed by atoms with Gasteiger partial charge in [-0.05, 0) is 35.4 Å². The van der Waals surface area contributed by atoms with Crippen LogP contribution >= 0.6 is 0 Å². The lowest BCUT2D eigenvalue weighted by Gasteiger charge is -2.13. The van der Waals surface area contributed by atoms with Gasteiger partial charge in [0.05, 0.1) is 11.8 Å². The molecule has 0 radical (unpaired) electrons. The number of nitrogens with zero attached hydrogens (tertiary/aromatic N) is 1. The lowest BCUT2D eigenvalue weighted by molar-refractivity contribution is 0.163. The lowest BCUT2D eigenvalue weighted by Crippen LogP contribution is -1.98. The lowest BCUT2D eigenvalue weighted by atomic mass is 9.98. The van der Waals surface area contributed by atoms with E-state index in [1.54, 1.807) is 24.3 Å². The van der Waals surface area contributed by atoms with Gasteiger partial charge in [-0.25, -0.2) is 0 Å². The van der Waals surface area contributed by atoms with E-state index in [4.69, 9.17) is 0 Å². The number of nitrogens with one attached hydrogen (secondary N) is 1. The summed E-state index contributed by atoms with van der Waals surface area (Å²) in [6.45, 7) is 2.20. The number of fused-ring (bicyclic) bond motifs is 1. The molecule has 2 aromatic rings. The van der Waals surface area contributed by atoms with Crippen LogP contribution in [0.15, 0.2) is 35.5 Å². The van der Waals surface area contributed by atoms with E-state index < -0.39 is 6.10 Å². The first kappa shape index (κ1) is 18.4. The molecule has 0 heterocycles. The summed E-state index contributed by atoms with van der Waals surface area (Å²) in [5.74, 6) is 0. The van der Waals surface area contributed by atoms with Crippen LogP contribution in [0.4, 0.5) is 11.4 Å². The van der Waals surface area contributed by atoms with Gasteiger partial charge in [0.2, 0.25) is 0 Å². The molecule has 0 saturated heterocycles. The fourth-order valence-corrected chi connectivity index (χ4v) is 3.02. The first-order chi connectivity index (χ1) is 11.7. The molecule has 0 amide bonds. The first-order valence-electron chi connectivity index (χ1n) is 8.69. The SMILES string of the molecule is CCCCCCCCC(O)c1ccc2c(NO)ccc(N=O)c2c1. The van der Waals surface area contributed by atoms with Crippen LogP contribution in [0.3, 0.4) is 0 Å². The first-order valence-corrected chi connectivity index (χ1v) is 8.69. The Bertz CT molecular complexity index is 673. The van der Waals surface area contributed by atoms with Crippen molar-refractivity contribution in [1.29, 1.82) is 0 Å². The Hall–Kier alpha value is -1.98. The molecule has 0 spiro atoms. The summed E-state index contributed by atoms with van der Waals surface area (Å²) in [6, 6.07) is 8.57. The minimum atomic E-state index is -0.550. The molecule has 2 rings (SSSR count). The van der Waals surface area contributed by atoms with Crippen molar-refractivity contribution in [3.63, 3.8) is 0 Å². The summed E-state index contributed by atoms with van der Waals surface area (Å²) in [5, 5.41) is 23.9. The Morgan fingerprint density at radius 2 is 1.79 bits per heavy atom. The van der Waals surface area contributed by atoms with Gasteiger partial charge in [-0.2, -0.15) is 0 Å². The van der Waals surface area contributed by atoms with Crippen LogP contribution in [-0.2, 0) is 0 Å². The molecule has 0 bridgehead atoms. The van der Waals surface area contributed by atoms with E-state index in [2.05, 4.69) is 17.6 Å². The molecule has 5 heteroatoms. The van der Waals surface area contributed by atoms with Crippen LogP contribution in [0.5, 0.6) is 0 Å². The predicted molar refractivity (Wildman–Crippen MR) is 97.8 cm³/mol. The molecule has 0 aromatic heterocycles. The largest absolute Gasteiger partial charge is 0.388 e. The third-order valence-corrected chi connectivity index (χ3v) is 4.45. The number of rotatable bonds is 10. The van der Waals surface area contributed by atoms with E-state index in [1.807, 2.05) is 6.07 Å². The molecule has 2 aromatic carbocycles. The number of nitroso groups, excluding NO2 is 1. The molecule has 5 nitrogen and oxygen atoms in total. The normalized spacial score (nSPS) is 12.3. The van der Waals surface area contributed by atoms with Crippen LogP contribution in [0.25, 0.3) is 10.8 Å². The number of aliphatic hydroxyl groups excluding tert-OH is 1. The van der Waals surface area contributed by atoms with E-state index in [0.717, 1.165) is 18.4 Å². The average molecular weight is 330 g/mol. The standard InChI is InChI=1S/C19H26N2O3/c1-2-3-4-5-6-7-8-19(22)14-9-10-15-16(13-14)18(21-24)12-11-17(15)20-23/h9-13,19-20,22-23H,2-8H2,1H3. The van der Waals surface area contributed by atoms with E-state index >= 15 is 0 Å². The monoisotopic (exact) mass is 330 g/mol. The van der Waals surface area contributed by atoms with Gasteiger partial charge in [0.25, 0.3) is 0 Å². The van der Waals surface area contributed by atoms with Crippen molar-refractivity contribution in [2.45, 2.75) is 58.0 Å². The fourth-order valence-electron chi connectivity index (χ4n) is 3.02. The molecule has 130 valence electrons. The van der Waals surface area contributed by atoms with Crippen LogP contribution < -0.4 is 5.48 Å². The summed E-state index contributed by atoms with van der Waals surface area (Å²) in [4.78, 5) is 11.0. The van der Waals surface area contributed by atoms with Crippen molar-refractivity contribution in [1.82, 2.24) is 0 Å². The second kappa shape index (κ2) is 9.35. The van der Waals surface area contributed by atoms with Gasteiger partial charge in [0.15, 0.2) is 0 Å². The molecule has 0 aliphatic heterocycles. The zero-order valence-corrected chi connectivity index (χ0v) is 14.2. The Kier molecular flexibility index (Phi) is 7.15. The maximum atomic E-state index is 11.0. The van der Waals surface area contributed by atoms with E-state index in [1.165, 1.54) is 25.7 Å². The molecule has 0 fully saturated rings. The van der Waals surface area contributed by atoms with E-state index in [-0.39, 0.29) is 0 Å². The van der Waals surface area contributed by atoms with Crippen LogP contribution in [-0.4, -0.2) is 10.3 Å². The summed E-state index contributed by atoms with van der Waals surface area (Å²) in [7, 11) is 0. The molecule has 1 unspecified atom stereocenters. The number of benzene rings is 2. The van der Waals surface area contributed by atoms with Gasteiger partial charge in [-0.15, -0.1) is 4.91 Å². The van der Waals surface area contributed by atoms with Gasteiger partial charge >= 0.3 is 0 Å². The maximum absolute atomic E-state index is 11.0. The summed E-state index contributed by atoms with van der Waals surface area (Å²) in [6.07, 6.45) is 7.25. The van der Waals surface area contributed by atoms with Gasteiger partial charge in [0, 0.05) is 10.8 Å². The summed E-state index contributed by atoms with van der Waals surface area (Å²) < 4.78 is 0. The Balaban J connectivity index is 2.07. The van der Waals surface area contributed by atoms with E-state index in [9.17, 15) is 15.2 Å². The average Bonchev–Trinajstić information content (AvgIpc) is 2.62. The molecular weight excluding hydrogens is 304 g/mol. The highest BCUT2D eigenvalue weighted by molar-refractivity contribution is 6.01. The highest BCUT2D eigenvalue weighted by Gasteiger charge is 2.12. The zero-order chi connectivity index (χ0) is 17.4. The second-order valence-electron chi connectivity index (χ2n) is 6.21. The molecule has 0 aliphatic rings. The van der Waals surface area contributed by atoms with Crippen molar-refractivity contribution >= 4 is 22.1 Å². The maximum Gasteiger partial charge on any atom is 0.115 e. The molecule has 0 aliphatic carbocycles. The number of hydrogen-bond donors (Lipinski definition) is 3. The highest BCUT2D eigenvalue weighted by Crippen LogP contribution is 2.34. The Morgan fingerprint density at radius 1 is 1.04 bits per heavy atom.